The summed E-state index contributed by atoms with van der Waals surface area (Å²) in [6, 6.07) is 0.517. The summed E-state index contributed by atoms with van der Waals surface area (Å²) >= 11 is 0. The van der Waals surface area contributed by atoms with Crippen molar-refractivity contribution in [3.63, 3.8) is 0 Å². The van der Waals surface area contributed by atoms with Gasteiger partial charge in [-0.1, -0.05) is 0 Å². The number of carbonyl (C=O) groups excluding carboxylic acids is 2. The van der Waals surface area contributed by atoms with E-state index >= 15 is 0 Å². The Labute approximate surface area is 162 Å². The molecule has 0 aromatic heterocycles. The molecule has 29 heavy (non-hydrogen) atoms. The highest BCUT2D eigenvalue weighted by Crippen LogP contribution is 2.54. The lowest BCUT2D eigenvalue weighted by Crippen LogP contribution is -2.42. The zero-order valence-electron chi connectivity index (χ0n) is 15.2. The number of carbonyl (C=O) groups is 2. The van der Waals surface area contributed by atoms with Gasteiger partial charge in [-0.05, 0) is 56.0 Å². The van der Waals surface area contributed by atoms with Gasteiger partial charge in [0, 0.05) is 11.6 Å². The van der Waals surface area contributed by atoms with Crippen LogP contribution in [0.3, 0.4) is 0 Å². The average Bonchev–Trinajstić information content (AvgIpc) is 3.26. The lowest BCUT2D eigenvalue weighted by Gasteiger charge is -2.32. The summed E-state index contributed by atoms with van der Waals surface area (Å²) in [5.41, 5.74) is 1.18. The molecule has 160 valence electrons. The van der Waals surface area contributed by atoms with E-state index in [0.29, 0.717) is 44.5 Å². The maximum absolute atomic E-state index is 13.0. The lowest BCUT2D eigenvalue weighted by atomic mass is 9.92. The van der Waals surface area contributed by atoms with Crippen LogP contribution >= 0.6 is 0 Å². The molecule has 1 saturated heterocycles. The van der Waals surface area contributed by atoms with Gasteiger partial charge in [0.15, 0.2) is 0 Å². The van der Waals surface area contributed by atoms with Crippen LogP contribution in [0.15, 0.2) is 18.2 Å². The molecule has 1 aliphatic carbocycles. The minimum atomic E-state index is -5.01. The first-order valence-corrected chi connectivity index (χ1v) is 8.91. The van der Waals surface area contributed by atoms with Crippen molar-refractivity contribution in [3.05, 3.63) is 34.9 Å². The monoisotopic (exact) mass is 423 g/mol. The van der Waals surface area contributed by atoms with Crippen molar-refractivity contribution in [1.29, 1.82) is 0 Å². The summed E-state index contributed by atoms with van der Waals surface area (Å²) in [5, 5.41) is 2.56. The van der Waals surface area contributed by atoms with Crippen molar-refractivity contribution in [3.8, 4) is 0 Å². The minimum Gasteiger partial charge on any atom is -0.369 e. The van der Waals surface area contributed by atoms with Crippen LogP contribution in [-0.2, 0) is 17.1 Å². The van der Waals surface area contributed by atoms with Crippen LogP contribution in [-0.4, -0.2) is 42.4 Å². The number of nitrogens with one attached hydrogen (secondary N) is 1. The van der Waals surface area contributed by atoms with E-state index < -0.39 is 40.9 Å². The van der Waals surface area contributed by atoms with Gasteiger partial charge < -0.3 is 11.1 Å². The topological polar surface area (TPSA) is 75.4 Å². The molecule has 3 N–H and O–H groups in total. The fourth-order valence-corrected chi connectivity index (χ4v) is 3.81. The molecule has 0 bridgehead atoms. The van der Waals surface area contributed by atoms with Crippen LogP contribution in [0.25, 0.3) is 0 Å². The van der Waals surface area contributed by atoms with Gasteiger partial charge in [0.05, 0.1) is 17.7 Å². The van der Waals surface area contributed by atoms with E-state index in [0.717, 1.165) is 0 Å². The molecule has 0 unspecified atom stereocenters. The molecule has 11 heteroatoms. The first-order chi connectivity index (χ1) is 13.3. The predicted molar refractivity (Wildman–Crippen MR) is 89.6 cm³/mol. The Balaban J connectivity index is 1.70. The Morgan fingerprint density at radius 1 is 1.03 bits per heavy atom. The van der Waals surface area contributed by atoms with Gasteiger partial charge in [-0.15, -0.1) is 0 Å². The molecule has 1 heterocycles. The summed E-state index contributed by atoms with van der Waals surface area (Å²) in [6.45, 7) is 1.28. The molecule has 1 aromatic carbocycles. The predicted octanol–water partition coefficient (Wildman–Crippen LogP) is 2.79. The van der Waals surface area contributed by atoms with Crippen molar-refractivity contribution in [2.24, 2.45) is 11.1 Å². The molecular formula is C18H19F6N3O2. The third-order valence-corrected chi connectivity index (χ3v) is 5.58. The molecule has 1 spiro atoms. The number of rotatable bonds is 4. The molecule has 2 amide bonds. The third kappa shape index (κ3) is 4.82. The standard InChI is InChI=1S/C18H19F6N3O2/c19-17(20,21)11-5-10(6-12(7-11)18(22,23)24)15(29)26-13-8-16(13)1-3-27(4-2-16)9-14(25)28/h5-7,13H,1-4,8-9H2,(H2,25,28)(H,26,29)/t13-/m1/s1. The van der Waals surface area contributed by atoms with Crippen molar-refractivity contribution < 1.29 is 35.9 Å². The largest absolute Gasteiger partial charge is 0.416 e. The second-order valence-electron chi connectivity index (χ2n) is 7.63. The average molecular weight is 423 g/mol. The zero-order valence-corrected chi connectivity index (χ0v) is 15.2. The first-order valence-electron chi connectivity index (χ1n) is 8.91. The van der Waals surface area contributed by atoms with E-state index in [4.69, 9.17) is 5.73 Å². The highest BCUT2D eigenvalue weighted by molar-refractivity contribution is 5.95. The zero-order chi connectivity index (χ0) is 21.6. The number of benzene rings is 1. The van der Waals surface area contributed by atoms with Crippen LogP contribution in [0.1, 0.15) is 40.7 Å². The second-order valence-corrected chi connectivity index (χ2v) is 7.63. The first kappa shape index (κ1) is 21.4. The molecule has 1 aliphatic heterocycles. The summed E-state index contributed by atoms with van der Waals surface area (Å²) in [7, 11) is 0. The van der Waals surface area contributed by atoms with E-state index in [9.17, 15) is 35.9 Å². The molecule has 1 aromatic rings. The van der Waals surface area contributed by atoms with Crippen LogP contribution in [0, 0.1) is 5.41 Å². The highest BCUT2D eigenvalue weighted by atomic mass is 19.4. The smallest absolute Gasteiger partial charge is 0.369 e. The number of piperidine rings is 1. The van der Waals surface area contributed by atoms with Crippen molar-refractivity contribution in [1.82, 2.24) is 10.2 Å². The van der Waals surface area contributed by atoms with E-state index in [2.05, 4.69) is 5.32 Å². The quantitative estimate of drug-likeness (QED) is 0.732. The van der Waals surface area contributed by atoms with Crippen molar-refractivity contribution in [2.45, 2.75) is 37.7 Å². The third-order valence-electron chi connectivity index (χ3n) is 5.58. The maximum atomic E-state index is 13.0. The van der Waals surface area contributed by atoms with Gasteiger partial charge in [-0.25, -0.2) is 0 Å². The second kappa shape index (κ2) is 7.19. The Morgan fingerprint density at radius 3 is 2.00 bits per heavy atom. The number of nitrogens with two attached hydrogens (primary N) is 1. The summed E-state index contributed by atoms with van der Waals surface area (Å²) in [6.07, 6.45) is -8.12. The van der Waals surface area contributed by atoms with Gasteiger partial charge in [0.2, 0.25) is 5.91 Å². The maximum Gasteiger partial charge on any atom is 0.416 e. The van der Waals surface area contributed by atoms with E-state index in [1.54, 1.807) is 0 Å². The fraction of sp³-hybridized carbons (Fsp3) is 0.556. The number of likely N-dealkylation sites (tertiary alicyclic amines) is 1. The molecule has 2 aliphatic rings. The van der Waals surface area contributed by atoms with E-state index in [-0.39, 0.29) is 24.1 Å². The molecule has 1 saturated carbocycles. The number of hydrogen-bond donors (Lipinski definition) is 2. The van der Waals surface area contributed by atoms with Gasteiger partial charge in [-0.3, -0.25) is 14.5 Å². The van der Waals surface area contributed by atoms with Gasteiger partial charge in [-0.2, -0.15) is 26.3 Å². The minimum absolute atomic E-state index is 0.0101. The van der Waals surface area contributed by atoms with Crippen molar-refractivity contribution >= 4 is 11.8 Å². The number of nitrogens with zero attached hydrogens (tertiary/aromatic N) is 1. The number of halogens is 6. The summed E-state index contributed by atoms with van der Waals surface area (Å²) in [5.74, 6) is -1.42. The van der Waals surface area contributed by atoms with Gasteiger partial charge in [0.25, 0.3) is 5.91 Å². The van der Waals surface area contributed by atoms with Crippen LogP contribution in [0.4, 0.5) is 26.3 Å². The Hall–Kier alpha value is -2.30. The Morgan fingerprint density at radius 2 is 1.55 bits per heavy atom. The van der Waals surface area contributed by atoms with E-state index in [1.807, 2.05) is 4.90 Å². The van der Waals surface area contributed by atoms with Crippen LogP contribution < -0.4 is 11.1 Å². The fourth-order valence-electron chi connectivity index (χ4n) is 3.81. The van der Waals surface area contributed by atoms with Gasteiger partial charge in [0.1, 0.15) is 0 Å². The summed E-state index contributed by atoms with van der Waals surface area (Å²) in [4.78, 5) is 25.2. The Bertz CT molecular complexity index is 781. The van der Waals surface area contributed by atoms with Gasteiger partial charge >= 0.3 is 12.4 Å². The lowest BCUT2D eigenvalue weighted by molar-refractivity contribution is -0.143. The number of amides is 2. The number of hydrogen-bond acceptors (Lipinski definition) is 3. The Kier molecular flexibility index (Phi) is 5.31. The number of primary amides is 1. The highest BCUT2D eigenvalue weighted by Gasteiger charge is 2.55. The molecule has 5 nitrogen and oxygen atoms in total. The van der Waals surface area contributed by atoms with Crippen LogP contribution in [0.2, 0.25) is 0 Å². The SMILES string of the molecule is NC(=O)CN1CCC2(CC1)C[C@H]2NC(=O)c1cc(C(F)(F)F)cc(C(F)(F)F)c1. The normalized spacial score (nSPS) is 21.8. The van der Waals surface area contributed by atoms with E-state index in [1.165, 1.54) is 0 Å². The molecule has 0 radical (unpaired) electrons. The van der Waals surface area contributed by atoms with Crippen LogP contribution in [0.5, 0.6) is 0 Å². The molecule has 3 rings (SSSR count). The molecular weight excluding hydrogens is 404 g/mol. The summed E-state index contributed by atoms with van der Waals surface area (Å²) < 4.78 is 77.7. The molecule has 2 fully saturated rings. The molecule has 1 atom stereocenters. The van der Waals surface area contributed by atoms with Crippen molar-refractivity contribution in [2.75, 3.05) is 19.6 Å². The number of alkyl halides is 6.